The molecule has 1 aliphatic rings. The molecule has 1 aromatic heterocycles. The minimum atomic E-state index is 0.482. The van der Waals surface area contributed by atoms with Gasteiger partial charge in [0.15, 0.2) is 5.13 Å². The minimum Gasteiger partial charge on any atom is -0.346 e. The molecule has 5 heteroatoms. The molecule has 0 aromatic carbocycles. The van der Waals surface area contributed by atoms with Crippen LogP contribution >= 0.6 is 11.3 Å². The van der Waals surface area contributed by atoms with Crippen molar-refractivity contribution in [2.75, 3.05) is 18.0 Å². The second-order valence-electron chi connectivity index (χ2n) is 4.38. The maximum atomic E-state index is 8.69. The first kappa shape index (κ1) is 12.9. The SMILES string of the molecule is N#CCCN(CCC#N)c1nc2c(s1)CCCC2. The van der Waals surface area contributed by atoms with Crippen LogP contribution in [-0.2, 0) is 12.8 Å². The Morgan fingerprint density at radius 3 is 2.39 bits per heavy atom. The van der Waals surface area contributed by atoms with Crippen molar-refractivity contribution < 1.29 is 0 Å². The Labute approximate surface area is 111 Å². The molecule has 94 valence electrons. The van der Waals surface area contributed by atoms with Gasteiger partial charge in [-0.25, -0.2) is 4.98 Å². The number of rotatable bonds is 5. The summed E-state index contributed by atoms with van der Waals surface area (Å²) < 4.78 is 0. The smallest absolute Gasteiger partial charge is 0.185 e. The van der Waals surface area contributed by atoms with Gasteiger partial charge in [-0.3, -0.25) is 0 Å². The zero-order valence-corrected chi connectivity index (χ0v) is 11.2. The lowest BCUT2D eigenvalue weighted by atomic mass is 10.0. The first-order chi connectivity index (χ1) is 8.85. The Morgan fingerprint density at radius 2 is 1.78 bits per heavy atom. The Bertz CT molecular complexity index is 439. The average molecular weight is 260 g/mol. The van der Waals surface area contributed by atoms with E-state index in [-0.39, 0.29) is 0 Å². The first-order valence-corrected chi connectivity index (χ1v) is 7.14. The van der Waals surface area contributed by atoms with Gasteiger partial charge in [-0.1, -0.05) is 0 Å². The summed E-state index contributed by atoms with van der Waals surface area (Å²) in [6.45, 7) is 1.34. The van der Waals surface area contributed by atoms with Gasteiger partial charge in [0, 0.05) is 18.0 Å². The molecule has 2 rings (SSSR count). The van der Waals surface area contributed by atoms with Gasteiger partial charge in [0.25, 0.3) is 0 Å². The Morgan fingerprint density at radius 1 is 1.11 bits per heavy atom. The highest BCUT2D eigenvalue weighted by Gasteiger charge is 2.18. The van der Waals surface area contributed by atoms with E-state index in [4.69, 9.17) is 10.5 Å². The molecule has 1 aliphatic carbocycles. The van der Waals surface area contributed by atoms with Gasteiger partial charge < -0.3 is 4.90 Å². The second kappa shape index (κ2) is 6.37. The van der Waals surface area contributed by atoms with Crippen molar-refractivity contribution in [2.24, 2.45) is 0 Å². The van der Waals surface area contributed by atoms with Crippen LogP contribution in [0.25, 0.3) is 0 Å². The number of aryl methyl sites for hydroxylation is 2. The topological polar surface area (TPSA) is 63.7 Å². The van der Waals surface area contributed by atoms with E-state index in [9.17, 15) is 0 Å². The maximum Gasteiger partial charge on any atom is 0.185 e. The fourth-order valence-corrected chi connectivity index (χ4v) is 3.35. The van der Waals surface area contributed by atoms with E-state index in [1.807, 2.05) is 0 Å². The third-order valence-electron chi connectivity index (χ3n) is 3.09. The largest absolute Gasteiger partial charge is 0.346 e. The normalized spacial score (nSPS) is 13.4. The molecule has 0 saturated carbocycles. The van der Waals surface area contributed by atoms with Crippen molar-refractivity contribution in [3.63, 3.8) is 0 Å². The molecular formula is C13H16N4S. The number of hydrogen-bond acceptors (Lipinski definition) is 5. The standard InChI is InChI=1S/C13H16N4S/c14-7-3-9-17(10-4-8-15)13-16-11-5-1-2-6-12(11)18-13/h1-6,9-10H2. The molecule has 0 N–H and O–H groups in total. The van der Waals surface area contributed by atoms with Crippen molar-refractivity contribution in [1.82, 2.24) is 4.98 Å². The molecule has 0 saturated heterocycles. The maximum absolute atomic E-state index is 8.69. The predicted octanol–water partition coefficient (Wildman–Crippen LogP) is 2.66. The summed E-state index contributed by atoms with van der Waals surface area (Å²) >= 11 is 1.74. The lowest BCUT2D eigenvalue weighted by Crippen LogP contribution is -2.25. The zero-order chi connectivity index (χ0) is 12.8. The van der Waals surface area contributed by atoms with Gasteiger partial charge in [-0.2, -0.15) is 10.5 Å². The highest BCUT2D eigenvalue weighted by molar-refractivity contribution is 7.15. The van der Waals surface area contributed by atoms with E-state index < -0.39 is 0 Å². The summed E-state index contributed by atoms with van der Waals surface area (Å²) in [5, 5.41) is 18.4. The number of hydrogen-bond donors (Lipinski definition) is 0. The molecule has 0 radical (unpaired) electrons. The van der Waals surface area contributed by atoms with Gasteiger partial charge >= 0.3 is 0 Å². The molecule has 0 bridgehead atoms. The second-order valence-corrected chi connectivity index (χ2v) is 5.44. The fraction of sp³-hybridized carbons (Fsp3) is 0.615. The fourth-order valence-electron chi connectivity index (χ4n) is 2.15. The summed E-state index contributed by atoms with van der Waals surface area (Å²) in [6.07, 6.45) is 5.66. The van der Waals surface area contributed by atoms with Crippen molar-refractivity contribution in [3.05, 3.63) is 10.6 Å². The molecule has 1 aromatic rings. The van der Waals surface area contributed by atoms with Crippen molar-refractivity contribution in [3.8, 4) is 12.1 Å². The lowest BCUT2D eigenvalue weighted by Gasteiger charge is -2.18. The number of aromatic nitrogens is 1. The van der Waals surface area contributed by atoms with Crippen LogP contribution in [-0.4, -0.2) is 18.1 Å². The summed E-state index contributed by atoms with van der Waals surface area (Å²) in [6, 6.07) is 4.32. The van der Waals surface area contributed by atoms with Crippen LogP contribution in [0.4, 0.5) is 5.13 Å². The molecule has 4 nitrogen and oxygen atoms in total. The van der Waals surface area contributed by atoms with Crippen molar-refractivity contribution >= 4 is 16.5 Å². The first-order valence-electron chi connectivity index (χ1n) is 6.32. The summed E-state index contributed by atoms with van der Waals surface area (Å²) in [5.74, 6) is 0. The van der Waals surface area contributed by atoms with Crippen molar-refractivity contribution in [2.45, 2.75) is 38.5 Å². The van der Waals surface area contributed by atoms with Crippen LogP contribution in [0.5, 0.6) is 0 Å². The van der Waals surface area contributed by atoms with E-state index in [2.05, 4.69) is 22.0 Å². The average Bonchev–Trinajstić information content (AvgIpc) is 2.82. The Balaban J connectivity index is 2.11. The van der Waals surface area contributed by atoms with E-state index in [1.54, 1.807) is 11.3 Å². The third-order valence-corrected chi connectivity index (χ3v) is 4.31. The number of nitrogens with zero attached hydrogens (tertiary/aromatic N) is 4. The highest BCUT2D eigenvalue weighted by atomic mass is 32.1. The van der Waals surface area contributed by atoms with Crippen LogP contribution in [0.2, 0.25) is 0 Å². The van der Waals surface area contributed by atoms with Crippen LogP contribution in [0.1, 0.15) is 36.3 Å². The molecule has 0 spiro atoms. The van der Waals surface area contributed by atoms with E-state index in [0.29, 0.717) is 25.9 Å². The molecule has 0 amide bonds. The van der Waals surface area contributed by atoms with Gasteiger partial charge in [-0.15, -0.1) is 11.3 Å². The molecule has 18 heavy (non-hydrogen) atoms. The number of fused-ring (bicyclic) bond motifs is 1. The Hall–Kier alpha value is -1.59. The van der Waals surface area contributed by atoms with Crippen LogP contribution in [0, 0.1) is 22.7 Å². The predicted molar refractivity (Wildman–Crippen MR) is 71.4 cm³/mol. The van der Waals surface area contributed by atoms with Crippen LogP contribution < -0.4 is 4.90 Å². The molecule has 0 fully saturated rings. The van der Waals surface area contributed by atoms with E-state index >= 15 is 0 Å². The monoisotopic (exact) mass is 260 g/mol. The lowest BCUT2D eigenvalue weighted by molar-refractivity contribution is 0.680. The quantitative estimate of drug-likeness (QED) is 0.816. The molecule has 0 aliphatic heterocycles. The van der Waals surface area contributed by atoms with Crippen LogP contribution in [0.3, 0.4) is 0 Å². The molecule has 0 unspecified atom stereocenters. The third kappa shape index (κ3) is 3.00. The molecule has 0 atom stereocenters. The zero-order valence-electron chi connectivity index (χ0n) is 10.4. The van der Waals surface area contributed by atoms with Gasteiger partial charge in [0.05, 0.1) is 30.7 Å². The highest BCUT2D eigenvalue weighted by Crippen LogP contribution is 2.31. The van der Waals surface area contributed by atoms with E-state index in [1.165, 1.54) is 23.4 Å². The van der Waals surface area contributed by atoms with Gasteiger partial charge in [-0.05, 0) is 25.7 Å². The number of nitriles is 2. The van der Waals surface area contributed by atoms with E-state index in [0.717, 1.165) is 18.0 Å². The summed E-state index contributed by atoms with van der Waals surface area (Å²) in [4.78, 5) is 8.16. The molecule has 1 heterocycles. The van der Waals surface area contributed by atoms with Crippen LogP contribution in [0.15, 0.2) is 0 Å². The van der Waals surface area contributed by atoms with Gasteiger partial charge in [0.1, 0.15) is 0 Å². The minimum absolute atomic E-state index is 0.482. The van der Waals surface area contributed by atoms with Crippen molar-refractivity contribution in [1.29, 1.82) is 10.5 Å². The number of anilines is 1. The Kier molecular flexibility index (Phi) is 4.55. The van der Waals surface area contributed by atoms with Gasteiger partial charge in [0.2, 0.25) is 0 Å². The molecular weight excluding hydrogens is 244 g/mol. The summed E-state index contributed by atoms with van der Waals surface area (Å²) in [7, 11) is 0. The number of thiazole rings is 1. The summed E-state index contributed by atoms with van der Waals surface area (Å²) in [5.41, 5.74) is 1.24.